The Bertz CT molecular complexity index is 833. The molecule has 2 rings (SSSR count). The van der Waals surface area contributed by atoms with E-state index in [1.165, 1.54) is 0 Å². The maximum Gasteiger partial charge on any atom is 0.261 e. The predicted molar refractivity (Wildman–Crippen MR) is 120 cm³/mol. The summed E-state index contributed by atoms with van der Waals surface area (Å²) >= 11 is 0. The predicted octanol–water partition coefficient (Wildman–Crippen LogP) is 4.40. The van der Waals surface area contributed by atoms with Crippen LogP contribution in [0.25, 0.3) is 0 Å². The Kier molecular flexibility index (Phi) is 8.90. The summed E-state index contributed by atoms with van der Waals surface area (Å²) in [6, 6.07) is 15.1. The molecular formula is C25H34N2O3. The number of hydrogen-bond donors (Lipinski definition) is 1. The van der Waals surface area contributed by atoms with Crippen LogP contribution in [0, 0.1) is 13.8 Å². The van der Waals surface area contributed by atoms with E-state index in [2.05, 4.69) is 5.32 Å². The van der Waals surface area contributed by atoms with Gasteiger partial charge in [-0.25, -0.2) is 0 Å². The van der Waals surface area contributed by atoms with E-state index in [0.29, 0.717) is 18.7 Å². The van der Waals surface area contributed by atoms with Crippen molar-refractivity contribution in [1.82, 2.24) is 10.2 Å². The quantitative estimate of drug-likeness (QED) is 0.631. The maximum atomic E-state index is 13.2. The van der Waals surface area contributed by atoms with Gasteiger partial charge in [0.15, 0.2) is 6.61 Å². The van der Waals surface area contributed by atoms with Crippen molar-refractivity contribution in [2.24, 2.45) is 0 Å². The zero-order valence-electron chi connectivity index (χ0n) is 18.8. The lowest BCUT2D eigenvalue weighted by molar-refractivity contribution is -0.143. The van der Waals surface area contributed by atoms with Gasteiger partial charge in [-0.05, 0) is 51.3 Å². The molecule has 2 aromatic rings. The van der Waals surface area contributed by atoms with Crippen molar-refractivity contribution in [3.63, 3.8) is 0 Å². The minimum atomic E-state index is -0.548. The number of rotatable bonds is 10. The molecule has 0 heterocycles. The molecule has 5 heteroatoms. The molecule has 5 nitrogen and oxygen atoms in total. The minimum Gasteiger partial charge on any atom is -0.484 e. The van der Waals surface area contributed by atoms with Crippen molar-refractivity contribution < 1.29 is 14.3 Å². The normalized spacial score (nSPS) is 12.7. The monoisotopic (exact) mass is 410 g/mol. The molecule has 0 bridgehead atoms. The molecule has 0 aliphatic rings. The Hall–Kier alpha value is -2.82. The first kappa shape index (κ1) is 23.5. The molecule has 0 saturated carbocycles. The van der Waals surface area contributed by atoms with Crippen LogP contribution in [0.2, 0.25) is 0 Å². The van der Waals surface area contributed by atoms with Gasteiger partial charge in [0.05, 0.1) is 0 Å². The number of ether oxygens (including phenoxy) is 1. The fourth-order valence-electron chi connectivity index (χ4n) is 3.23. The van der Waals surface area contributed by atoms with Gasteiger partial charge in [0.25, 0.3) is 5.91 Å². The summed E-state index contributed by atoms with van der Waals surface area (Å²) < 4.78 is 5.72. The third-order valence-electron chi connectivity index (χ3n) is 5.21. The number of benzene rings is 2. The molecule has 162 valence electrons. The van der Waals surface area contributed by atoms with E-state index in [0.717, 1.165) is 23.1 Å². The third kappa shape index (κ3) is 6.90. The SMILES string of the molecule is CCC(C)NC(=O)C(CC)N(Cc1cccc(C)c1)C(=O)COc1ccc(C)cc1. The zero-order chi connectivity index (χ0) is 22.1. The average molecular weight is 411 g/mol. The van der Waals surface area contributed by atoms with E-state index in [4.69, 9.17) is 4.74 Å². The molecule has 0 fully saturated rings. The molecule has 0 saturated heterocycles. The molecule has 2 aromatic carbocycles. The van der Waals surface area contributed by atoms with Crippen molar-refractivity contribution in [1.29, 1.82) is 0 Å². The number of carbonyl (C=O) groups is 2. The molecule has 1 N–H and O–H groups in total. The average Bonchev–Trinajstić information content (AvgIpc) is 2.72. The Morgan fingerprint density at radius 1 is 1.00 bits per heavy atom. The van der Waals surface area contributed by atoms with Gasteiger partial charge in [-0.3, -0.25) is 9.59 Å². The molecule has 0 aromatic heterocycles. The smallest absolute Gasteiger partial charge is 0.261 e. The third-order valence-corrected chi connectivity index (χ3v) is 5.21. The van der Waals surface area contributed by atoms with Gasteiger partial charge in [0, 0.05) is 12.6 Å². The second-order valence-corrected chi connectivity index (χ2v) is 7.85. The Morgan fingerprint density at radius 2 is 1.70 bits per heavy atom. The van der Waals surface area contributed by atoms with E-state index in [-0.39, 0.29) is 24.5 Å². The van der Waals surface area contributed by atoms with Gasteiger partial charge in [-0.2, -0.15) is 0 Å². The highest BCUT2D eigenvalue weighted by molar-refractivity contribution is 5.88. The van der Waals surface area contributed by atoms with Crippen LogP contribution in [-0.4, -0.2) is 35.4 Å². The van der Waals surface area contributed by atoms with Crippen molar-refractivity contribution in [2.75, 3.05) is 6.61 Å². The maximum absolute atomic E-state index is 13.2. The van der Waals surface area contributed by atoms with Crippen LogP contribution in [-0.2, 0) is 16.1 Å². The van der Waals surface area contributed by atoms with Crippen molar-refractivity contribution >= 4 is 11.8 Å². The van der Waals surface area contributed by atoms with Crippen LogP contribution >= 0.6 is 0 Å². The molecule has 2 unspecified atom stereocenters. The summed E-state index contributed by atoms with van der Waals surface area (Å²) in [7, 11) is 0. The van der Waals surface area contributed by atoms with E-state index in [9.17, 15) is 9.59 Å². The van der Waals surface area contributed by atoms with Gasteiger partial charge in [0.2, 0.25) is 5.91 Å². The fourth-order valence-corrected chi connectivity index (χ4v) is 3.23. The molecular weight excluding hydrogens is 376 g/mol. The van der Waals surface area contributed by atoms with Crippen LogP contribution in [0.5, 0.6) is 5.75 Å². The van der Waals surface area contributed by atoms with Gasteiger partial charge >= 0.3 is 0 Å². The largest absolute Gasteiger partial charge is 0.484 e. The van der Waals surface area contributed by atoms with Crippen molar-refractivity contribution in [3.05, 3.63) is 65.2 Å². The lowest BCUT2D eigenvalue weighted by atomic mass is 10.1. The standard InChI is InChI=1S/C25H34N2O3/c1-6-20(5)26-25(29)23(7-2)27(16-21-10-8-9-19(4)15-21)24(28)17-30-22-13-11-18(3)12-14-22/h8-15,20,23H,6-7,16-17H2,1-5H3,(H,26,29). The Balaban J connectivity index is 2.20. The number of carbonyl (C=O) groups excluding carboxylic acids is 2. The lowest BCUT2D eigenvalue weighted by Gasteiger charge is -2.31. The number of amides is 2. The Morgan fingerprint density at radius 3 is 2.30 bits per heavy atom. The summed E-state index contributed by atoms with van der Waals surface area (Å²) in [6.45, 7) is 10.2. The summed E-state index contributed by atoms with van der Waals surface area (Å²) in [5.74, 6) is 0.313. The lowest BCUT2D eigenvalue weighted by Crippen LogP contribution is -2.51. The number of nitrogens with zero attached hydrogens (tertiary/aromatic N) is 1. The van der Waals surface area contributed by atoms with Crippen molar-refractivity contribution in [3.8, 4) is 5.75 Å². The second-order valence-electron chi connectivity index (χ2n) is 7.85. The van der Waals surface area contributed by atoms with E-state index < -0.39 is 6.04 Å². The highest BCUT2D eigenvalue weighted by Crippen LogP contribution is 2.16. The highest BCUT2D eigenvalue weighted by atomic mass is 16.5. The van der Waals surface area contributed by atoms with E-state index >= 15 is 0 Å². The molecule has 2 atom stereocenters. The van der Waals surface area contributed by atoms with Gasteiger partial charge in [-0.1, -0.05) is 61.4 Å². The van der Waals surface area contributed by atoms with Crippen LogP contribution in [0.15, 0.2) is 48.5 Å². The molecule has 0 aliphatic carbocycles. The summed E-state index contributed by atoms with van der Waals surface area (Å²) in [6.07, 6.45) is 1.37. The van der Waals surface area contributed by atoms with Crippen molar-refractivity contribution in [2.45, 2.75) is 66.1 Å². The van der Waals surface area contributed by atoms with Crippen LogP contribution in [0.1, 0.15) is 50.3 Å². The van der Waals surface area contributed by atoms with Gasteiger partial charge in [-0.15, -0.1) is 0 Å². The Labute approximate surface area is 180 Å². The first-order valence-electron chi connectivity index (χ1n) is 10.7. The molecule has 0 aliphatic heterocycles. The number of hydrogen-bond acceptors (Lipinski definition) is 3. The van der Waals surface area contributed by atoms with Crippen LogP contribution in [0.4, 0.5) is 0 Å². The highest BCUT2D eigenvalue weighted by Gasteiger charge is 2.29. The van der Waals surface area contributed by atoms with Crippen LogP contribution < -0.4 is 10.1 Å². The summed E-state index contributed by atoms with van der Waals surface area (Å²) in [5.41, 5.74) is 3.24. The molecule has 0 radical (unpaired) electrons. The fraction of sp³-hybridized carbons (Fsp3) is 0.440. The van der Waals surface area contributed by atoms with E-state index in [1.807, 2.05) is 83.1 Å². The topological polar surface area (TPSA) is 58.6 Å². The molecule has 0 spiro atoms. The number of nitrogens with one attached hydrogen (secondary N) is 1. The molecule has 30 heavy (non-hydrogen) atoms. The minimum absolute atomic E-state index is 0.0614. The second kappa shape index (κ2) is 11.4. The van der Waals surface area contributed by atoms with Crippen LogP contribution in [0.3, 0.4) is 0 Å². The molecule has 2 amide bonds. The number of aryl methyl sites for hydroxylation is 2. The summed E-state index contributed by atoms with van der Waals surface area (Å²) in [5, 5.41) is 3.02. The first-order chi connectivity index (χ1) is 14.3. The summed E-state index contributed by atoms with van der Waals surface area (Å²) in [4.78, 5) is 27.7. The van der Waals surface area contributed by atoms with Gasteiger partial charge < -0.3 is 15.0 Å². The first-order valence-corrected chi connectivity index (χ1v) is 10.7. The zero-order valence-corrected chi connectivity index (χ0v) is 18.8. The van der Waals surface area contributed by atoms with Gasteiger partial charge in [0.1, 0.15) is 11.8 Å². The van der Waals surface area contributed by atoms with E-state index in [1.54, 1.807) is 4.90 Å².